The molecule has 1 aromatic carbocycles. The molecule has 2 rings (SSSR count). The van der Waals surface area contributed by atoms with Crippen LogP contribution in [0.15, 0.2) is 24.3 Å². The molecule has 0 unspecified atom stereocenters. The topological polar surface area (TPSA) is 67.9 Å². The van der Waals surface area contributed by atoms with Gasteiger partial charge in [-0.3, -0.25) is 9.59 Å². The fourth-order valence-corrected chi connectivity index (χ4v) is 2.76. The van der Waals surface area contributed by atoms with Crippen LogP contribution >= 0.6 is 0 Å². The van der Waals surface area contributed by atoms with Gasteiger partial charge in [0.1, 0.15) is 5.75 Å². The number of anilines is 1. The van der Waals surface area contributed by atoms with Crippen molar-refractivity contribution >= 4 is 17.5 Å². The first-order valence-electron chi connectivity index (χ1n) is 8.95. The van der Waals surface area contributed by atoms with Gasteiger partial charge < -0.3 is 19.7 Å². The van der Waals surface area contributed by atoms with Crippen LogP contribution < -0.4 is 15.0 Å². The van der Waals surface area contributed by atoms with Crippen LogP contribution in [-0.4, -0.2) is 45.2 Å². The van der Waals surface area contributed by atoms with E-state index in [1.165, 1.54) is 0 Å². The standard InChI is InChI=1S/C19H28N2O4/c1-3-4-12-25-17-8-6-16(7-9-17)21-14-15(13-18(21)22)19(23)20-10-5-11-24-2/h6-9,15H,3-5,10-14H2,1-2H3,(H,20,23)/t15-/m1/s1. The highest BCUT2D eigenvalue weighted by Crippen LogP contribution is 2.27. The summed E-state index contributed by atoms with van der Waals surface area (Å²) in [6, 6.07) is 7.49. The molecule has 0 saturated carbocycles. The van der Waals surface area contributed by atoms with Crippen molar-refractivity contribution in [1.82, 2.24) is 5.32 Å². The third-order valence-corrected chi connectivity index (χ3v) is 4.24. The highest BCUT2D eigenvalue weighted by Gasteiger charge is 2.34. The van der Waals surface area contributed by atoms with Crippen molar-refractivity contribution in [3.63, 3.8) is 0 Å². The van der Waals surface area contributed by atoms with Gasteiger partial charge in [-0.15, -0.1) is 0 Å². The first-order valence-corrected chi connectivity index (χ1v) is 8.95. The summed E-state index contributed by atoms with van der Waals surface area (Å²) >= 11 is 0. The SMILES string of the molecule is CCCCOc1ccc(N2C[C@H](C(=O)NCCCOC)CC2=O)cc1. The monoisotopic (exact) mass is 348 g/mol. The Hall–Kier alpha value is -2.08. The minimum atomic E-state index is -0.296. The number of nitrogens with one attached hydrogen (secondary N) is 1. The van der Waals surface area contributed by atoms with E-state index in [2.05, 4.69) is 12.2 Å². The van der Waals surface area contributed by atoms with E-state index in [1.807, 2.05) is 24.3 Å². The number of hydrogen-bond donors (Lipinski definition) is 1. The fraction of sp³-hybridized carbons (Fsp3) is 0.579. The van der Waals surface area contributed by atoms with E-state index >= 15 is 0 Å². The lowest BCUT2D eigenvalue weighted by Gasteiger charge is -2.17. The summed E-state index contributed by atoms with van der Waals surface area (Å²) in [6.45, 7) is 4.42. The normalized spacial score (nSPS) is 17.0. The number of carbonyl (C=O) groups is 2. The zero-order valence-corrected chi connectivity index (χ0v) is 15.1. The summed E-state index contributed by atoms with van der Waals surface area (Å²) in [5.41, 5.74) is 0.808. The number of carbonyl (C=O) groups excluding carboxylic acids is 2. The lowest BCUT2D eigenvalue weighted by Crippen LogP contribution is -2.33. The van der Waals surface area contributed by atoms with Crippen LogP contribution in [-0.2, 0) is 14.3 Å². The third-order valence-electron chi connectivity index (χ3n) is 4.24. The second-order valence-corrected chi connectivity index (χ2v) is 6.24. The number of benzene rings is 1. The predicted octanol–water partition coefficient (Wildman–Crippen LogP) is 2.37. The Bertz CT molecular complexity index is 559. The van der Waals surface area contributed by atoms with E-state index in [9.17, 15) is 9.59 Å². The van der Waals surface area contributed by atoms with Crippen molar-refractivity contribution in [2.24, 2.45) is 5.92 Å². The lowest BCUT2D eigenvalue weighted by molar-refractivity contribution is -0.126. The smallest absolute Gasteiger partial charge is 0.227 e. The second kappa shape index (κ2) is 10.0. The van der Waals surface area contributed by atoms with Gasteiger partial charge in [0, 0.05) is 38.9 Å². The molecule has 1 aromatic rings. The number of amides is 2. The molecule has 1 aliphatic heterocycles. The summed E-state index contributed by atoms with van der Waals surface area (Å²) in [5.74, 6) is 0.426. The van der Waals surface area contributed by atoms with E-state index in [-0.39, 0.29) is 24.2 Å². The van der Waals surface area contributed by atoms with Crippen molar-refractivity contribution in [3.8, 4) is 5.75 Å². The number of nitrogens with zero attached hydrogens (tertiary/aromatic N) is 1. The number of unbranched alkanes of at least 4 members (excludes halogenated alkanes) is 1. The van der Waals surface area contributed by atoms with Gasteiger partial charge in [-0.1, -0.05) is 13.3 Å². The van der Waals surface area contributed by atoms with E-state index in [4.69, 9.17) is 9.47 Å². The fourth-order valence-electron chi connectivity index (χ4n) is 2.76. The van der Waals surface area contributed by atoms with Gasteiger partial charge in [-0.2, -0.15) is 0 Å². The molecule has 2 amide bonds. The molecular formula is C19H28N2O4. The first kappa shape index (κ1) is 19.2. The number of hydrogen-bond acceptors (Lipinski definition) is 4. The minimum absolute atomic E-state index is 0.0170. The van der Waals surface area contributed by atoms with E-state index < -0.39 is 0 Å². The number of methoxy groups -OCH3 is 1. The zero-order chi connectivity index (χ0) is 18.1. The molecule has 1 atom stereocenters. The summed E-state index contributed by atoms with van der Waals surface area (Å²) in [7, 11) is 1.63. The maximum atomic E-state index is 12.3. The average molecular weight is 348 g/mol. The Morgan fingerprint density at radius 3 is 2.68 bits per heavy atom. The molecule has 6 nitrogen and oxygen atoms in total. The van der Waals surface area contributed by atoms with E-state index in [1.54, 1.807) is 12.0 Å². The molecule has 1 saturated heterocycles. The molecule has 138 valence electrons. The van der Waals surface area contributed by atoms with Crippen molar-refractivity contribution in [2.75, 3.05) is 38.3 Å². The lowest BCUT2D eigenvalue weighted by atomic mass is 10.1. The van der Waals surface area contributed by atoms with Crippen molar-refractivity contribution in [2.45, 2.75) is 32.6 Å². The average Bonchev–Trinajstić information content (AvgIpc) is 3.01. The Morgan fingerprint density at radius 2 is 2.00 bits per heavy atom. The maximum absolute atomic E-state index is 12.3. The van der Waals surface area contributed by atoms with E-state index in [0.29, 0.717) is 26.3 Å². The third kappa shape index (κ3) is 5.74. The van der Waals surface area contributed by atoms with Gasteiger partial charge in [0.15, 0.2) is 0 Å². The van der Waals surface area contributed by atoms with Crippen molar-refractivity contribution in [1.29, 1.82) is 0 Å². The first-order chi connectivity index (χ1) is 12.2. The highest BCUT2D eigenvalue weighted by molar-refractivity contribution is 6.00. The van der Waals surface area contributed by atoms with Crippen LogP contribution in [0.25, 0.3) is 0 Å². The molecule has 1 heterocycles. The maximum Gasteiger partial charge on any atom is 0.227 e. The van der Waals surface area contributed by atoms with Gasteiger partial charge in [-0.25, -0.2) is 0 Å². The molecule has 0 spiro atoms. The second-order valence-electron chi connectivity index (χ2n) is 6.24. The van der Waals surface area contributed by atoms with Gasteiger partial charge >= 0.3 is 0 Å². The molecule has 1 aliphatic rings. The Morgan fingerprint density at radius 1 is 1.24 bits per heavy atom. The van der Waals surface area contributed by atoms with Crippen LogP contribution in [0.5, 0.6) is 5.75 Å². The van der Waals surface area contributed by atoms with Crippen LogP contribution in [0.1, 0.15) is 32.6 Å². The quantitative estimate of drug-likeness (QED) is 0.659. The van der Waals surface area contributed by atoms with E-state index in [0.717, 1.165) is 30.7 Å². The molecule has 0 aliphatic carbocycles. The molecule has 25 heavy (non-hydrogen) atoms. The summed E-state index contributed by atoms with van der Waals surface area (Å²) in [4.78, 5) is 26.1. The number of rotatable bonds is 10. The Labute approximate surface area is 149 Å². The molecule has 0 aromatic heterocycles. The Kier molecular flexibility index (Phi) is 7.73. The summed E-state index contributed by atoms with van der Waals surface area (Å²) in [6.07, 6.45) is 3.14. The van der Waals surface area contributed by atoms with Gasteiger partial charge in [0.25, 0.3) is 0 Å². The minimum Gasteiger partial charge on any atom is -0.494 e. The molecule has 6 heteroatoms. The van der Waals surface area contributed by atoms with Crippen LogP contribution in [0.2, 0.25) is 0 Å². The van der Waals surface area contributed by atoms with Crippen LogP contribution in [0, 0.1) is 5.92 Å². The van der Waals surface area contributed by atoms with Crippen molar-refractivity contribution in [3.05, 3.63) is 24.3 Å². The van der Waals surface area contributed by atoms with Gasteiger partial charge in [-0.05, 0) is 37.1 Å². The molecular weight excluding hydrogens is 320 g/mol. The van der Waals surface area contributed by atoms with Crippen LogP contribution in [0.3, 0.4) is 0 Å². The van der Waals surface area contributed by atoms with Gasteiger partial charge in [0.05, 0.1) is 12.5 Å². The van der Waals surface area contributed by atoms with Crippen molar-refractivity contribution < 1.29 is 19.1 Å². The molecule has 1 N–H and O–H groups in total. The largest absolute Gasteiger partial charge is 0.494 e. The predicted molar refractivity (Wildman–Crippen MR) is 96.8 cm³/mol. The number of ether oxygens (including phenoxy) is 2. The van der Waals surface area contributed by atoms with Gasteiger partial charge in [0.2, 0.25) is 11.8 Å². The molecule has 1 fully saturated rings. The zero-order valence-electron chi connectivity index (χ0n) is 15.1. The summed E-state index contributed by atoms with van der Waals surface area (Å²) in [5, 5.41) is 2.87. The molecule has 0 bridgehead atoms. The summed E-state index contributed by atoms with van der Waals surface area (Å²) < 4.78 is 10.6. The molecule has 0 radical (unpaired) electrons. The Balaban J connectivity index is 1.86. The van der Waals surface area contributed by atoms with Crippen LogP contribution in [0.4, 0.5) is 5.69 Å². The highest BCUT2D eigenvalue weighted by atomic mass is 16.5.